The van der Waals surface area contributed by atoms with E-state index in [0.717, 1.165) is 22.9 Å². The first-order chi connectivity index (χ1) is 17.7. The van der Waals surface area contributed by atoms with Gasteiger partial charge in [0.15, 0.2) is 11.5 Å². The van der Waals surface area contributed by atoms with Gasteiger partial charge in [0.05, 0.1) is 32.1 Å². The summed E-state index contributed by atoms with van der Waals surface area (Å²) in [5, 5.41) is 22.5. The van der Waals surface area contributed by atoms with Gasteiger partial charge in [-0.15, -0.1) is 0 Å². The zero-order valence-corrected chi connectivity index (χ0v) is 22.2. The summed E-state index contributed by atoms with van der Waals surface area (Å²) in [6.45, 7) is 5.67. The molecule has 0 fully saturated rings. The molecule has 9 nitrogen and oxygen atoms in total. The Morgan fingerprint density at radius 1 is 1.00 bits per heavy atom. The zero-order chi connectivity index (χ0) is 27.3. The van der Waals surface area contributed by atoms with Crippen LogP contribution in [-0.4, -0.2) is 37.5 Å². The van der Waals surface area contributed by atoms with Gasteiger partial charge in [0, 0.05) is 11.3 Å². The second kappa shape index (κ2) is 11.5. The van der Waals surface area contributed by atoms with Gasteiger partial charge in [-0.05, 0) is 61.7 Å². The van der Waals surface area contributed by atoms with E-state index >= 15 is 0 Å². The molecule has 3 aromatic rings. The van der Waals surface area contributed by atoms with Crippen LogP contribution in [-0.2, 0) is 4.79 Å². The van der Waals surface area contributed by atoms with Gasteiger partial charge in [-0.25, -0.2) is 4.98 Å². The van der Waals surface area contributed by atoms with E-state index in [-0.39, 0.29) is 33.4 Å². The monoisotopic (exact) mass is 517 g/mol. The van der Waals surface area contributed by atoms with Crippen LogP contribution in [0.25, 0.3) is 11.1 Å². The topological polar surface area (TPSA) is 143 Å². The molecule has 3 N–H and O–H groups in total. The van der Waals surface area contributed by atoms with Crippen LogP contribution in [0.5, 0.6) is 17.2 Å². The van der Waals surface area contributed by atoms with Gasteiger partial charge in [-0.2, -0.15) is 10.5 Å². The van der Waals surface area contributed by atoms with Crippen molar-refractivity contribution in [3.05, 3.63) is 52.6 Å². The Labute approximate surface area is 220 Å². The summed E-state index contributed by atoms with van der Waals surface area (Å²) in [7, 11) is 4.41. The highest BCUT2D eigenvalue weighted by molar-refractivity contribution is 8.00. The highest BCUT2D eigenvalue weighted by Gasteiger charge is 2.26. The molecule has 190 valence electrons. The second-order valence-corrected chi connectivity index (χ2v) is 9.44. The summed E-state index contributed by atoms with van der Waals surface area (Å²) in [5.41, 5.74) is 9.86. The predicted molar refractivity (Wildman–Crippen MR) is 143 cm³/mol. The first kappa shape index (κ1) is 27.2. The van der Waals surface area contributed by atoms with Crippen LogP contribution in [0.15, 0.2) is 35.4 Å². The number of aromatic nitrogens is 1. The molecule has 10 heteroatoms. The lowest BCUT2D eigenvalue weighted by Crippen LogP contribution is -2.23. The molecule has 37 heavy (non-hydrogen) atoms. The van der Waals surface area contributed by atoms with Gasteiger partial charge in [0.25, 0.3) is 0 Å². The van der Waals surface area contributed by atoms with Crippen molar-refractivity contribution >= 4 is 29.2 Å². The summed E-state index contributed by atoms with van der Waals surface area (Å²) < 4.78 is 16.3. The number of thioether (sulfide) groups is 1. The van der Waals surface area contributed by atoms with E-state index in [1.807, 2.05) is 38.1 Å². The fourth-order valence-corrected chi connectivity index (χ4v) is 4.60. The summed E-state index contributed by atoms with van der Waals surface area (Å²) in [4.78, 5) is 17.2. The Kier molecular flexibility index (Phi) is 8.49. The number of carbonyl (C=O) groups excluding carboxylic acids is 1. The first-order valence-electron chi connectivity index (χ1n) is 11.2. The van der Waals surface area contributed by atoms with Gasteiger partial charge >= 0.3 is 0 Å². The number of nitrogens with zero attached hydrogens (tertiary/aromatic N) is 3. The third-order valence-electron chi connectivity index (χ3n) is 5.80. The van der Waals surface area contributed by atoms with Crippen molar-refractivity contribution in [2.24, 2.45) is 0 Å². The summed E-state index contributed by atoms with van der Waals surface area (Å²) in [5.74, 6) is 0.718. The van der Waals surface area contributed by atoms with Crippen molar-refractivity contribution in [1.29, 1.82) is 10.5 Å². The number of methoxy groups -OCH3 is 3. The molecule has 0 aliphatic heterocycles. The number of hydrogen-bond donors (Lipinski definition) is 2. The lowest BCUT2D eigenvalue weighted by Gasteiger charge is -2.18. The number of ether oxygens (including phenoxy) is 3. The number of pyridine rings is 1. The number of amides is 1. The maximum Gasteiger partial charge on any atom is 0.237 e. The van der Waals surface area contributed by atoms with Crippen LogP contribution in [0.3, 0.4) is 0 Å². The van der Waals surface area contributed by atoms with Crippen molar-refractivity contribution < 1.29 is 19.0 Å². The Hall–Kier alpha value is -4.41. The third kappa shape index (κ3) is 5.55. The largest absolute Gasteiger partial charge is 0.493 e. The van der Waals surface area contributed by atoms with Gasteiger partial charge in [0.1, 0.15) is 28.5 Å². The highest BCUT2D eigenvalue weighted by Crippen LogP contribution is 2.44. The van der Waals surface area contributed by atoms with Crippen molar-refractivity contribution in [3.8, 4) is 40.5 Å². The first-order valence-corrected chi connectivity index (χ1v) is 12.1. The molecule has 0 aliphatic rings. The van der Waals surface area contributed by atoms with Crippen LogP contribution in [0.1, 0.15) is 29.2 Å². The van der Waals surface area contributed by atoms with Crippen molar-refractivity contribution in [2.75, 3.05) is 32.4 Å². The normalized spacial score (nSPS) is 11.1. The number of nitrogen functional groups attached to an aromatic ring is 1. The molecule has 2 aromatic carbocycles. The highest BCUT2D eigenvalue weighted by atomic mass is 32.2. The molecule has 1 amide bonds. The molecule has 0 radical (unpaired) electrons. The van der Waals surface area contributed by atoms with E-state index in [2.05, 4.69) is 16.4 Å². The Bertz CT molecular complexity index is 1420. The van der Waals surface area contributed by atoms with E-state index in [1.54, 1.807) is 19.1 Å². The fraction of sp³-hybridized carbons (Fsp3) is 0.259. The van der Waals surface area contributed by atoms with Crippen LogP contribution in [0.2, 0.25) is 0 Å². The third-order valence-corrected chi connectivity index (χ3v) is 6.89. The van der Waals surface area contributed by atoms with E-state index in [9.17, 15) is 15.3 Å². The number of hydrogen-bond acceptors (Lipinski definition) is 9. The van der Waals surface area contributed by atoms with E-state index in [4.69, 9.17) is 19.9 Å². The zero-order valence-electron chi connectivity index (χ0n) is 21.4. The average Bonchev–Trinajstić information content (AvgIpc) is 2.89. The fourth-order valence-electron chi connectivity index (χ4n) is 3.68. The lowest BCUT2D eigenvalue weighted by atomic mass is 9.96. The minimum atomic E-state index is -0.624. The summed E-state index contributed by atoms with van der Waals surface area (Å²) >= 11 is 1.08. The number of carbonyl (C=O) groups is 1. The SMILES string of the molecule is COc1cc(-c2c(C#N)c(N)nc(SC(C)C(=O)Nc3ccc(C)c(C)c3)c2C#N)cc(OC)c1OC. The minimum Gasteiger partial charge on any atom is -0.493 e. The van der Waals surface area contributed by atoms with Crippen LogP contribution in [0.4, 0.5) is 11.5 Å². The van der Waals surface area contributed by atoms with Gasteiger partial charge in [-0.3, -0.25) is 4.79 Å². The number of nitrogens with two attached hydrogens (primary N) is 1. The Morgan fingerprint density at radius 2 is 1.62 bits per heavy atom. The molecule has 3 rings (SSSR count). The molecule has 1 unspecified atom stereocenters. The van der Waals surface area contributed by atoms with Crippen LogP contribution in [0, 0.1) is 36.5 Å². The molecular weight excluding hydrogens is 490 g/mol. The standard InChI is InChI=1S/C27H27N5O4S/c1-14-7-8-18(9-15(14)2)31-26(33)16(3)37-27-20(13-29)23(19(12-28)25(30)32-27)17-10-21(34-4)24(36-6)22(11-17)35-5/h7-11,16H,1-6H3,(H2,30,32)(H,31,33). The van der Waals surface area contributed by atoms with Gasteiger partial charge < -0.3 is 25.3 Å². The number of benzene rings is 2. The quantitative estimate of drug-likeness (QED) is 0.401. The van der Waals surface area contributed by atoms with Crippen molar-refractivity contribution in [2.45, 2.75) is 31.0 Å². The molecule has 1 aromatic heterocycles. The summed E-state index contributed by atoms with van der Waals surface area (Å²) in [6.07, 6.45) is 0. The lowest BCUT2D eigenvalue weighted by molar-refractivity contribution is -0.115. The summed E-state index contributed by atoms with van der Waals surface area (Å²) in [6, 6.07) is 13.1. The number of aryl methyl sites for hydroxylation is 2. The van der Waals surface area contributed by atoms with Crippen LogP contribution >= 0.6 is 11.8 Å². The molecule has 0 bridgehead atoms. The molecule has 1 heterocycles. The molecule has 0 saturated heterocycles. The van der Waals surface area contributed by atoms with E-state index in [1.165, 1.54) is 21.3 Å². The van der Waals surface area contributed by atoms with E-state index < -0.39 is 5.25 Å². The molecule has 0 aliphatic carbocycles. The minimum absolute atomic E-state index is 0.0300. The smallest absolute Gasteiger partial charge is 0.237 e. The number of nitriles is 2. The maximum absolute atomic E-state index is 12.9. The van der Waals surface area contributed by atoms with Crippen molar-refractivity contribution in [1.82, 2.24) is 4.98 Å². The number of nitrogens with one attached hydrogen (secondary N) is 1. The van der Waals surface area contributed by atoms with Crippen molar-refractivity contribution in [3.63, 3.8) is 0 Å². The maximum atomic E-state index is 12.9. The molecule has 0 spiro atoms. The van der Waals surface area contributed by atoms with E-state index in [0.29, 0.717) is 28.5 Å². The van der Waals surface area contributed by atoms with Gasteiger partial charge in [-0.1, -0.05) is 17.8 Å². The number of rotatable bonds is 8. The molecule has 1 atom stereocenters. The predicted octanol–water partition coefficient (Wildman–Crippen LogP) is 4.84. The molecule has 0 saturated carbocycles. The average molecular weight is 518 g/mol. The number of anilines is 2. The molecular formula is C27H27N5O4S. The van der Waals surface area contributed by atoms with Crippen LogP contribution < -0.4 is 25.3 Å². The Morgan fingerprint density at radius 3 is 2.14 bits per heavy atom. The van der Waals surface area contributed by atoms with Gasteiger partial charge in [0.2, 0.25) is 11.7 Å². The Balaban J connectivity index is 2.08. The second-order valence-electron chi connectivity index (χ2n) is 8.11.